The first-order chi connectivity index (χ1) is 9.62. The van der Waals surface area contributed by atoms with Crippen molar-refractivity contribution in [2.24, 2.45) is 5.10 Å². The summed E-state index contributed by atoms with van der Waals surface area (Å²) in [6, 6.07) is 3.74. The van der Waals surface area contributed by atoms with Crippen molar-refractivity contribution in [1.29, 1.82) is 0 Å². The molecule has 0 aliphatic rings. The molecule has 20 heavy (non-hydrogen) atoms. The van der Waals surface area contributed by atoms with Crippen molar-refractivity contribution in [2.75, 3.05) is 20.3 Å². The van der Waals surface area contributed by atoms with E-state index in [0.29, 0.717) is 23.2 Å². The number of benzene rings is 1. The number of hydrazone groups is 1. The van der Waals surface area contributed by atoms with Crippen LogP contribution in [0.1, 0.15) is 19.4 Å². The van der Waals surface area contributed by atoms with E-state index < -0.39 is 0 Å². The summed E-state index contributed by atoms with van der Waals surface area (Å²) in [7, 11) is 1.60. The first-order valence-electron chi connectivity index (χ1n) is 6.19. The van der Waals surface area contributed by atoms with Crippen molar-refractivity contribution < 1.29 is 9.47 Å². The number of thiocarbonyl (C=S) groups is 1. The number of hydrogen-bond donors (Lipinski definition) is 2. The number of methoxy groups -OCH3 is 1. The summed E-state index contributed by atoms with van der Waals surface area (Å²) >= 11 is 8.47. The van der Waals surface area contributed by atoms with Gasteiger partial charge in [-0.25, -0.2) is 0 Å². The van der Waals surface area contributed by atoms with Crippen molar-refractivity contribution >= 4 is 39.5 Å². The Bertz CT molecular complexity index is 495. The maximum absolute atomic E-state index is 5.53. The molecule has 0 saturated heterocycles. The van der Waals surface area contributed by atoms with Gasteiger partial charge in [-0.3, -0.25) is 5.43 Å². The number of ether oxygens (including phenoxy) is 2. The second-order valence-electron chi connectivity index (χ2n) is 3.70. The van der Waals surface area contributed by atoms with Crippen LogP contribution < -0.4 is 20.2 Å². The summed E-state index contributed by atoms with van der Waals surface area (Å²) in [5.74, 6) is 1.33. The van der Waals surface area contributed by atoms with Gasteiger partial charge in [-0.15, -0.1) is 0 Å². The van der Waals surface area contributed by atoms with Crippen molar-refractivity contribution in [3.05, 3.63) is 22.2 Å². The molecule has 0 amide bonds. The minimum Gasteiger partial charge on any atom is -0.493 e. The maximum atomic E-state index is 5.53. The summed E-state index contributed by atoms with van der Waals surface area (Å²) < 4.78 is 11.6. The highest BCUT2D eigenvalue weighted by Crippen LogP contribution is 2.36. The van der Waals surface area contributed by atoms with Crippen molar-refractivity contribution in [3.8, 4) is 11.5 Å². The molecule has 7 heteroatoms. The Hall–Kier alpha value is -1.34. The van der Waals surface area contributed by atoms with E-state index in [0.717, 1.165) is 16.6 Å². The van der Waals surface area contributed by atoms with Crippen LogP contribution in [0.15, 0.2) is 21.7 Å². The van der Waals surface area contributed by atoms with Gasteiger partial charge < -0.3 is 14.8 Å². The quantitative estimate of drug-likeness (QED) is 0.464. The topological polar surface area (TPSA) is 54.9 Å². The van der Waals surface area contributed by atoms with E-state index in [1.807, 2.05) is 26.0 Å². The number of nitrogens with zero attached hydrogens (tertiary/aromatic N) is 1. The lowest BCUT2D eigenvalue weighted by Gasteiger charge is -2.12. The van der Waals surface area contributed by atoms with E-state index in [2.05, 4.69) is 31.8 Å². The van der Waals surface area contributed by atoms with Crippen LogP contribution in [-0.4, -0.2) is 31.6 Å². The van der Waals surface area contributed by atoms with E-state index in [9.17, 15) is 0 Å². The van der Waals surface area contributed by atoms with Gasteiger partial charge in [-0.1, -0.05) is 0 Å². The highest BCUT2D eigenvalue weighted by molar-refractivity contribution is 9.10. The fraction of sp³-hybridized carbons (Fsp3) is 0.385. The Balaban J connectivity index is 2.84. The molecule has 0 atom stereocenters. The van der Waals surface area contributed by atoms with E-state index >= 15 is 0 Å². The Morgan fingerprint density at radius 1 is 1.45 bits per heavy atom. The number of hydrogen-bond acceptors (Lipinski definition) is 4. The molecule has 0 fully saturated rings. The summed E-state index contributed by atoms with van der Waals surface area (Å²) in [5, 5.41) is 7.49. The van der Waals surface area contributed by atoms with Gasteiger partial charge in [0.1, 0.15) is 0 Å². The molecule has 0 heterocycles. The molecule has 0 unspecified atom stereocenters. The molecule has 0 aliphatic heterocycles. The molecule has 1 rings (SSSR count). The molecule has 0 saturated carbocycles. The van der Waals surface area contributed by atoms with Gasteiger partial charge in [0.25, 0.3) is 0 Å². The highest BCUT2D eigenvalue weighted by atomic mass is 79.9. The fourth-order valence-electron chi connectivity index (χ4n) is 1.46. The molecule has 110 valence electrons. The summed E-state index contributed by atoms with van der Waals surface area (Å²) in [4.78, 5) is 0. The van der Waals surface area contributed by atoms with Gasteiger partial charge >= 0.3 is 0 Å². The molecule has 0 radical (unpaired) electrons. The van der Waals surface area contributed by atoms with Crippen LogP contribution >= 0.6 is 28.1 Å². The second-order valence-corrected chi connectivity index (χ2v) is 4.96. The smallest absolute Gasteiger partial charge is 0.186 e. The second kappa shape index (κ2) is 8.76. The van der Waals surface area contributed by atoms with Crippen LogP contribution in [0.3, 0.4) is 0 Å². The molecule has 1 aromatic rings. The average molecular weight is 360 g/mol. The molecule has 0 aliphatic carbocycles. The summed E-state index contributed by atoms with van der Waals surface area (Å²) in [6.07, 6.45) is 1.66. The lowest BCUT2D eigenvalue weighted by atomic mass is 10.2. The van der Waals surface area contributed by atoms with Crippen LogP contribution in [0.25, 0.3) is 0 Å². The minimum atomic E-state index is 0.487. The normalized spacial score (nSPS) is 10.4. The van der Waals surface area contributed by atoms with Gasteiger partial charge in [0, 0.05) is 6.54 Å². The molecule has 0 bridgehead atoms. The van der Waals surface area contributed by atoms with Gasteiger partial charge in [-0.2, -0.15) is 5.10 Å². The standard InChI is InChI=1S/C13H18BrN3O2S/c1-4-15-13(20)17-16-8-9-6-10(14)12(19-5-2)11(7-9)18-3/h6-8H,4-5H2,1-3H3,(H2,15,17,20)/b16-8-. The Morgan fingerprint density at radius 2 is 2.20 bits per heavy atom. The zero-order chi connectivity index (χ0) is 15.0. The third-order valence-corrected chi connectivity index (χ3v) is 3.08. The average Bonchev–Trinajstić information content (AvgIpc) is 2.41. The van der Waals surface area contributed by atoms with Crippen LogP contribution in [-0.2, 0) is 0 Å². The van der Waals surface area contributed by atoms with Gasteiger partial charge in [0.05, 0.1) is 24.4 Å². The molecular formula is C13H18BrN3O2S. The lowest BCUT2D eigenvalue weighted by molar-refractivity contribution is 0.309. The zero-order valence-electron chi connectivity index (χ0n) is 11.7. The predicted molar refractivity (Wildman–Crippen MR) is 88.9 cm³/mol. The Morgan fingerprint density at radius 3 is 2.80 bits per heavy atom. The molecular weight excluding hydrogens is 342 g/mol. The van der Waals surface area contributed by atoms with Gasteiger partial charge in [0.15, 0.2) is 16.6 Å². The van der Waals surface area contributed by atoms with Gasteiger partial charge in [-0.05, 0) is 59.7 Å². The summed E-state index contributed by atoms with van der Waals surface area (Å²) in [5.41, 5.74) is 3.60. The third kappa shape index (κ3) is 4.97. The minimum absolute atomic E-state index is 0.487. The Kier molecular flexibility index (Phi) is 7.32. The molecule has 1 aromatic carbocycles. The zero-order valence-corrected chi connectivity index (χ0v) is 14.1. The predicted octanol–water partition coefficient (Wildman–Crippen LogP) is 2.67. The van der Waals surface area contributed by atoms with Crippen LogP contribution in [0.2, 0.25) is 0 Å². The van der Waals surface area contributed by atoms with Crippen molar-refractivity contribution in [3.63, 3.8) is 0 Å². The first-order valence-corrected chi connectivity index (χ1v) is 7.39. The SMILES string of the molecule is CCNC(=S)N/N=C\c1cc(Br)c(OCC)c(OC)c1. The number of rotatable bonds is 6. The number of nitrogens with one attached hydrogen (secondary N) is 2. The summed E-state index contributed by atoms with van der Waals surface area (Å²) in [6.45, 7) is 5.21. The van der Waals surface area contributed by atoms with E-state index in [1.54, 1.807) is 13.3 Å². The van der Waals surface area contributed by atoms with Gasteiger partial charge in [0.2, 0.25) is 0 Å². The molecule has 2 N–H and O–H groups in total. The highest BCUT2D eigenvalue weighted by Gasteiger charge is 2.10. The van der Waals surface area contributed by atoms with Crippen molar-refractivity contribution in [2.45, 2.75) is 13.8 Å². The first kappa shape index (κ1) is 16.7. The number of halogens is 1. The van der Waals surface area contributed by atoms with Crippen LogP contribution in [0.4, 0.5) is 0 Å². The fourth-order valence-corrected chi connectivity index (χ4v) is 2.24. The van der Waals surface area contributed by atoms with Crippen molar-refractivity contribution in [1.82, 2.24) is 10.7 Å². The largest absolute Gasteiger partial charge is 0.493 e. The third-order valence-electron chi connectivity index (χ3n) is 2.26. The van der Waals surface area contributed by atoms with E-state index in [4.69, 9.17) is 21.7 Å². The molecule has 0 aromatic heterocycles. The molecule has 0 spiro atoms. The molecule has 5 nitrogen and oxygen atoms in total. The van der Waals surface area contributed by atoms with E-state index in [-0.39, 0.29) is 0 Å². The lowest BCUT2D eigenvalue weighted by Crippen LogP contribution is -2.31. The monoisotopic (exact) mass is 359 g/mol. The van der Waals surface area contributed by atoms with Crippen LogP contribution in [0, 0.1) is 0 Å². The van der Waals surface area contributed by atoms with E-state index in [1.165, 1.54) is 0 Å². The van der Waals surface area contributed by atoms with Crippen LogP contribution in [0.5, 0.6) is 11.5 Å². The Labute approximate surface area is 132 Å². The maximum Gasteiger partial charge on any atom is 0.186 e.